The molecule has 7 nitrogen and oxygen atoms in total. The van der Waals surface area contributed by atoms with Crippen molar-refractivity contribution in [2.75, 3.05) is 27.9 Å². The maximum atomic E-state index is 10.9. The molecule has 0 aliphatic heterocycles. The largest absolute Gasteiger partial charge is 0.493 e. The smallest absolute Gasteiger partial charge is 0.330 e. The van der Waals surface area contributed by atoms with Crippen molar-refractivity contribution in [3.05, 3.63) is 34.8 Å². The van der Waals surface area contributed by atoms with Crippen molar-refractivity contribution in [1.82, 2.24) is 0 Å². The third-order valence-corrected chi connectivity index (χ3v) is 2.59. The Hall–Kier alpha value is -2.57. The van der Waals surface area contributed by atoms with Crippen LogP contribution in [0, 0.1) is 4.91 Å². The Kier molecular flexibility index (Phi) is 6.73. The topological polar surface area (TPSA) is 83.4 Å². The molecule has 1 aromatic carbocycles. The number of hydrogen-bond donors (Lipinski definition) is 0. The lowest BCUT2D eigenvalue weighted by molar-refractivity contribution is -0.134. The molecular formula is C14H17NO6. The first-order chi connectivity index (χ1) is 10.2. The number of carbonyl (C=O) groups excluding carboxylic acids is 1. The molecule has 0 spiro atoms. The predicted molar refractivity (Wildman–Crippen MR) is 75.7 cm³/mol. The van der Waals surface area contributed by atoms with Crippen LogP contribution in [0.15, 0.2) is 29.5 Å². The van der Waals surface area contributed by atoms with Gasteiger partial charge < -0.3 is 18.9 Å². The Morgan fingerprint density at radius 3 is 2.38 bits per heavy atom. The first kappa shape index (κ1) is 16.5. The van der Waals surface area contributed by atoms with Gasteiger partial charge in [-0.3, -0.25) is 0 Å². The molecular weight excluding hydrogens is 278 g/mol. The van der Waals surface area contributed by atoms with Gasteiger partial charge in [-0.15, -0.1) is 0 Å². The first-order valence-electron chi connectivity index (χ1n) is 6.07. The first-order valence-corrected chi connectivity index (χ1v) is 6.07. The number of rotatable bonds is 8. The lowest BCUT2D eigenvalue weighted by Crippen LogP contribution is -2.01. The summed E-state index contributed by atoms with van der Waals surface area (Å²) in [7, 11) is 4.28. The highest BCUT2D eigenvalue weighted by molar-refractivity contribution is 5.81. The number of benzene rings is 1. The number of nitrogens with zero attached hydrogens (tertiary/aromatic N) is 1. The van der Waals surface area contributed by atoms with E-state index < -0.39 is 5.97 Å². The highest BCUT2D eigenvalue weighted by atomic mass is 16.5. The van der Waals surface area contributed by atoms with Gasteiger partial charge in [0.05, 0.1) is 21.3 Å². The Labute approximate surface area is 122 Å². The van der Waals surface area contributed by atoms with E-state index in [2.05, 4.69) is 9.91 Å². The van der Waals surface area contributed by atoms with E-state index in [1.54, 1.807) is 12.1 Å². The monoisotopic (exact) mass is 295 g/mol. The van der Waals surface area contributed by atoms with E-state index in [-0.39, 0.29) is 13.2 Å². The van der Waals surface area contributed by atoms with Crippen molar-refractivity contribution < 1.29 is 23.7 Å². The van der Waals surface area contributed by atoms with Gasteiger partial charge in [-0.2, -0.15) is 4.91 Å². The molecule has 0 aliphatic rings. The lowest BCUT2D eigenvalue weighted by atomic mass is 10.1. The summed E-state index contributed by atoms with van der Waals surface area (Å²) in [5.41, 5.74) is 0.564. The molecule has 0 atom stereocenters. The summed E-state index contributed by atoms with van der Waals surface area (Å²) in [5.74, 6) is 0.912. The van der Waals surface area contributed by atoms with Gasteiger partial charge in [0.1, 0.15) is 18.9 Å². The summed E-state index contributed by atoms with van der Waals surface area (Å²) in [6, 6.07) is 3.23. The minimum Gasteiger partial charge on any atom is -0.493 e. The maximum Gasteiger partial charge on any atom is 0.330 e. The Morgan fingerprint density at radius 2 is 1.81 bits per heavy atom. The average molecular weight is 295 g/mol. The predicted octanol–water partition coefficient (Wildman–Crippen LogP) is 2.08. The van der Waals surface area contributed by atoms with Gasteiger partial charge in [0, 0.05) is 17.7 Å². The summed E-state index contributed by atoms with van der Waals surface area (Å²) in [6.45, 7) is 0.0762. The summed E-state index contributed by atoms with van der Waals surface area (Å²) in [4.78, 5) is 21.4. The molecule has 0 heterocycles. The van der Waals surface area contributed by atoms with Crippen LogP contribution in [-0.2, 0) is 16.1 Å². The Balaban J connectivity index is 2.90. The van der Waals surface area contributed by atoms with Gasteiger partial charge in [-0.05, 0) is 12.1 Å². The molecule has 21 heavy (non-hydrogen) atoms. The van der Waals surface area contributed by atoms with E-state index in [4.69, 9.17) is 14.2 Å². The summed E-state index contributed by atoms with van der Waals surface area (Å²) in [6.07, 6.45) is 2.75. The Bertz CT molecular complexity index is 526. The molecule has 1 rings (SSSR count). The number of esters is 1. The minimum atomic E-state index is -0.472. The summed E-state index contributed by atoms with van der Waals surface area (Å²) < 4.78 is 20.3. The molecule has 0 aromatic heterocycles. The normalized spacial score (nSPS) is 10.2. The molecule has 0 amide bonds. The second kappa shape index (κ2) is 8.57. The molecule has 0 radical (unpaired) electrons. The van der Waals surface area contributed by atoms with Crippen molar-refractivity contribution in [2.24, 2.45) is 5.18 Å². The van der Waals surface area contributed by atoms with Crippen LogP contribution in [0.1, 0.15) is 5.56 Å². The zero-order valence-corrected chi connectivity index (χ0v) is 12.1. The van der Waals surface area contributed by atoms with Crippen LogP contribution in [0.25, 0.3) is 0 Å². The second-order valence-corrected chi connectivity index (χ2v) is 3.84. The van der Waals surface area contributed by atoms with Gasteiger partial charge in [-0.25, -0.2) is 4.79 Å². The van der Waals surface area contributed by atoms with E-state index in [1.807, 2.05) is 0 Å². The number of nitroso groups, excluding NO2 is 1. The fourth-order valence-electron chi connectivity index (χ4n) is 1.58. The minimum absolute atomic E-state index is 0.0591. The maximum absolute atomic E-state index is 10.9. The van der Waals surface area contributed by atoms with Crippen molar-refractivity contribution in [3.63, 3.8) is 0 Å². The van der Waals surface area contributed by atoms with Gasteiger partial charge in [0.15, 0.2) is 11.5 Å². The van der Waals surface area contributed by atoms with Crippen LogP contribution in [-0.4, -0.2) is 33.9 Å². The van der Waals surface area contributed by atoms with Crippen molar-refractivity contribution >= 4 is 5.97 Å². The van der Waals surface area contributed by atoms with E-state index >= 15 is 0 Å². The quantitative estimate of drug-likeness (QED) is 0.415. The van der Waals surface area contributed by atoms with Crippen LogP contribution >= 0.6 is 0 Å². The van der Waals surface area contributed by atoms with E-state index in [1.165, 1.54) is 33.5 Å². The molecule has 0 bridgehead atoms. The molecule has 1 aromatic rings. The van der Waals surface area contributed by atoms with Gasteiger partial charge in [0.2, 0.25) is 0 Å². The summed E-state index contributed by atoms with van der Waals surface area (Å²) >= 11 is 0. The third kappa shape index (κ3) is 4.79. The second-order valence-electron chi connectivity index (χ2n) is 3.84. The van der Waals surface area contributed by atoms with E-state index in [0.29, 0.717) is 22.8 Å². The SMILES string of the molecule is COC(=O)C=CCOc1cc(OC)c(OC)cc1CN=O. The summed E-state index contributed by atoms with van der Waals surface area (Å²) in [5, 5.41) is 2.85. The van der Waals surface area contributed by atoms with Crippen molar-refractivity contribution in [1.29, 1.82) is 0 Å². The van der Waals surface area contributed by atoms with Crippen molar-refractivity contribution in [2.45, 2.75) is 6.54 Å². The van der Waals surface area contributed by atoms with Crippen LogP contribution < -0.4 is 14.2 Å². The molecule has 0 unspecified atom stereocenters. The lowest BCUT2D eigenvalue weighted by Gasteiger charge is -2.13. The Morgan fingerprint density at radius 1 is 1.14 bits per heavy atom. The standard InChI is InChI=1S/C14H17NO6/c1-18-12-7-10(9-15-17)11(8-13(12)19-2)21-6-4-5-14(16)20-3/h4-5,7-8H,6,9H2,1-3H3. The van der Waals surface area contributed by atoms with E-state index in [0.717, 1.165) is 0 Å². The third-order valence-electron chi connectivity index (χ3n) is 2.59. The average Bonchev–Trinajstić information content (AvgIpc) is 2.51. The molecule has 0 fully saturated rings. The van der Waals surface area contributed by atoms with E-state index in [9.17, 15) is 9.70 Å². The zero-order valence-electron chi connectivity index (χ0n) is 12.1. The van der Waals surface area contributed by atoms with Crippen LogP contribution in [0.3, 0.4) is 0 Å². The number of methoxy groups -OCH3 is 3. The zero-order chi connectivity index (χ0) is 15.7. The van der Waals surface area contributed by atoms with Gasteiger partial charge in [0.25, 0.3) is 0 Å². The van der Waals surface area contributed by atoms with Crippen molar-refractivity contribution in [3.8, 4) is 17.2 Å². The van der Waals surface area contributed by atoms with Crippen LogP contribution in [0.2, 0.25) is 0 Å². The number of hydrogen-bond acceptors (Lipinski definition) is 7. The highest BCUT2D eigenvalue weighted by Gasteiger charge is 2.12. The molecule has 0 saturated carbocycles. The highest BCUT2D eigenvalue weighted by Crippen LogP contribution is 2.35. The van der Waals surface area contributed by atoms with Gasteiger partial charge >= 0.3 is 5.97 Å². The van der Waals surface area contributed by atoms with Gasteiger partial charge in [-0.1, -0.05) is 5.18 Å². The molecule has 0 N–H and O–H groups in total. The van der Waals surface area contributed by atoms with Crippen LogP contribution in [0.5, 0.6) is 17.2 Å². The number of ether oxygens (including phenoxy) is 4. The number of carbonyl (C=O) groups is 1. The molecule has 0 aliphatic carbocycles. The molecule has 7 heteroatoms. The molecule has 0 saturated heterocycles. The van der Waals surface area contributed by atoms with Crippen LogP contribution in [0.4, 0.5) is 0 Å². The fourth-order valence-corrected chi connectivity index (χ4v) is 1.58. The fraction of sp³-hybridized carbons (Fsp3) is 0.357. The molecule has 114 valence electrons.